The quantitative estimate of drug-likeness (QED) is 0.661. The average Bonchev–Trinajstić information content (AvgIpc) is 2.86. The minimum absolute atomic E-state index is 0.137. The summed E-state index contributed by atoms with van der Waals surface area (Å²) >= 11 is 0. The summed E-state index contributed by atoms with van der Waals surface area (Å²) in [6.07, 6.45) is 2.72. The van der Waals surface area contributed by atoms with Crippen molar-refractivity contribution in [2.24, 2.45) is 5.92 Å². The standard InChI is InChI=1S/C11H21NO3/c1-9(2)15-6-5-12(8-11(13)14)7-10-3-4-10/h9-10H,3-8H2,1-2H3,(H,13,14). The third-order valence-corrected chi connectivity index (χ3v) is 2.43. The van der Waals surface area contributed by atoms with Crippen LogP contribution in [0.1, 0.15) is 26.7 Å². The zero-order valence-corrected chi connectivity index (χ0v) is 9.61. The predicted octanol–water partition coefficient (Wildman–Crippen LogP) is 1.21. The summed E-state index contributed by atoms with van der Waals surface area (Å²) in [4.78, 5) is 12.6. The second-order valence-corrected chi connectivity index (χ2v) is 4.49. The molecule has 0 radical (unpaired) electrons. The van der Waals surface area contributed by atoms with E-state index in [0.717, 1.165) is 19.0 Å². The van der Waals surface area contributed by atoms with E-state index < -0.39 is 5.97 Å². The molecule has 0 heterocycles. The lowest BCUT2D eigenvalue weighted by molar-refractivity contribution is -0.138. The molecule has 1 rings (SSSR count). The molecular weight excluding hydrogens is 194 g/mol. The van der Waals surface area contributed by atoms with Crippen molar-refractivity contribution in [3.63, 3.8) is 0 Å². The van der Waals surface area contributed by atoms with Crippen molar-refractivity contribution in [1.29, 1.82) is 0 Å². The molecule has 4 heteroatoms. The third-order valence-electron chi connectivity index (χ3n) is 2.43. The Morgan fingerprint density at radius 1 is 1.53 bits per heavy atom. The van der Waals surface area contributed by atoms with Gasteiger partial charge >= 0.3 is 5.97 Å². The van der Waals surface area contributed by atoms with Crippen molar-refractivity contribution >= 4 is 5.97 Å². The van der Waals surface area contributed by atoms with E-state index in [9.17, 15) is 4.79 Å². The minimum Gasteiger partial charge on any atom is -0.480 e. The SMILES string of the molecule is CC(C)OCCN(CC(=O)O)CC1CC1. The number of hydrogen-bond acceptors (Lipinski definition) is 3. The van der Waals surface area contributed by atoms with E-state index in [1.54, 1.807) is 0 Å². The van der Waals surface area contributed by atoms with E-state index in [4.69, 9.17) is 9.84 Å². The van der Waals surface area contributed by atoms with Crippen LogP contribution in [0.3, 0.4) is 0 Å². The molecule has 0 spiro atoms. The summed E-state index contributed by atoms with van der Waals surface area (Å²) in [5.74, 6) is -0.0244. The molecule has 88 valence electrons. The van der Waals surface area contributed by atoms with Gasteiger partial charge in [-0.25, -0.2) is 0 Å². The van der Waals surface area contributed by atoms with Gasteiger partial charge in [0.1, 0.15) is 0 Å². The molecule has 0 bridgehead atoms. The summed E-state index contributed by atoms with van der Waals surface area (Å²) in [5, 5.41) is 8.74. The van der Waals surface area contributed by atoms with Crippen LogP contribution in [0.25, 0.3) is 0 Å². The summed E-state index contributed by atoms with van der Waals surface area (Å²) < 4.78 is 5.42. The highest BCUT2D eigenvalue weighted by atomic mass is 16.5. The largest absolute Gasteiger partial charge is 0.480 e. The fraction of sp³-hybridized carbons (Fsp3) is 0.909. The van der Waals surface area contributed by atoms with Gasteiger partial charge in [-0.05, 0) is 32.6 Å². The molecule has 0 aromatic heterocycles. The van der Waals surface area contributed by atoms with Crippen molar-refractivity contribution < 1.29 is 14.6 Å². The first-order chi connectivity index (χ1) is 7.08. The highest BCUT2D eigenvalue weighted by molar-refractivity contribution is 5.69. The Morgan fingerprint density at radius 3 is 2.67 bits per heavy atom. The van der Waals surface area contributed by atoms with Crippen LogP contribution in [0.2, 0.25) is 0 Å². The highest BCUT2D eigenvalue weighted by Crippen LogP contribution is 2.29. The number of ether oxygens (including phenoxy) is 1. The van der Waals surface area contributed by atoms with Crippen molar-refractivity contribution in [3.8, 4) is 0 Å². The van der Waals surface area contributed by atoms with Crippen LogP contribution in [0.15, 0.2) is 0 Å². The Balaban J connectivity index is 2.17. The second kappa shape index (κ2) is 6.08. The number of carboxylic acid groups (broad SMARTS) is 1. The van der Waals surface area contributed by atoms with Crippen molar-refractivity contribution in [3.05, 3.63) is 0 Å². The van der Waals surface area contributed by atoms with Gasteiger partial charge in [0.2, 0.25) is 0 Å². The highest BCUT2D eigenvalue weighted by Gasteiger charge is 2.24. The zero-order valence-electron chi connectivity index (χ0n) is 9.61. The molecule has 1 fully saturated rings. The molecule has 0 atom stereocenters. The molecule has 1 aliphatic rings. The van der Waals surface area contributed by atoms with Crippen molar-refractivity contribution in [2.75, 3.05) is 26.2 Å². The Bertz CT molecular complexity index is 202. The molecule has 0 aliphatic heterocycles. The summed E-state index contributed by atoms with van der Waals surface area (Å²) in [5.41, 5.74) is 0. The van der Waals surface area contributed by atoms with Gasteiger partial charge < -0.3 is 9.84 Å². The Labute approximate surface area is 91.2 Å². The van der Waals surface area contributed by atoms with Crippen LogP contribution < -0.4 is 0 Å². The molecule has 4 nitrogen and oxygen atoms in total. The van der Waals surface area contributed by atoms with Crippen LogP contribution >= 0.6 is 0 Å². The van der Waals surface area contributed by atoms with Crippen LogP contribution in [0.5, 0.6) is 0 Å². The lowest BCUT2D eigenvalue weighted by Crippen LogP contribution is -2.34. The molecule has 0 unspecified atom stereocenters. The van der Waals surface area contributed by atoms with Gasteiger partial charge in [0, 0.05) is 13.1 Å². The number of nitrogens with zero attached hydrogens (tertiary/aromatic N) is 1. The smallest absolute Gasteiger partial charge is 0.317 e. The lowest BCUT2D eigenvalue weighted by atomic mass is 10.3. The van der Waals surface area contributed by atoms with E-state index in [1.165, 1.54) is 12.8 Å². The topological polar surface area (TPSA) is 49.8 Å². The lowest BCUT2D eigenvalue weighted by Gasteiger charge is -2.20. The van der Waals surface area contributed by atoms with Crippen LogP contribution in [-0.4, -0.2) is 48.3 Å². The first kappa shape index (κ1) is 12.5. The number of hydrogen-bond donors (Lipinski definition) is 1. The van der Waals surface area contributed by atoms with E-state index in [-0.39, 0.29) is 12.6 Å². The van der Waals surface area contributed by atoms with E-state index in [1.807, 2.05) is 18.7 Å². The van der Waals surface area contributed by atoms with E-state index in [0.29, 0.717) is 6.61 Å². The fourth-order valence-corrected chi connectivity index (χ4v) is 1.51. The summed E-state index contributed by atoms with van der Waals surface area (Å²) in [7, 11) is 0. The maximum atomic E-state index is 10.6. The van der Waals surface area contributed by atoms with Gasteiger partial charge in [-0.1, -0.05) is 0 Å². The van der Waals surface area contributed by atoms with Gasteiger partial charge in [-0.15, -0.1) is 0 Å². The van der Waals surface area contributed by atoms with E-state index >= 15 is 0 Å². The van der Waals surface area contributed by atoms with Gasteiger partial charge in [0.05, 0.1) is 19.3 Å². The molecule has 0 aromatic rings. The predicted molar refractivity (Wildman–Crippen MR) is 57.9 cm³/mol. The molecule has 0 saturated heterocycles. The Kier molecular flexibility index (Phi) is 5.05. The zero-order chi connectivity index (χ0) is 11.3. The Hall–Kier alpha value is -0.610. The molecule has 0 amide bonds. The first-order valence-electron chi connectivity index (χ1n) is 5.63. The molecule has 15 heavy (non-hydrogen) atoms. The van der Waals surface area contributed by atoms with Gasteiger partial charge in [0.25, 0.3) is 0 Å². The first-order valence-corrected chi connectivity index (χ1v) is 5.63. The van der Waals surface area contributed by atoms with Crippen LogP contribution in [0, 0.1) is 5.92 Å². The molecule has 1 aliphatic carbocycles. The van der Waals surface area contributed by atoms with E-state index in [2.05, 4.69) is 0 Å². The third kappa shape index (κ3) is 6.47. The molecule has 0 aromatic carbocycles. The fourth-order valence-electron chi connectivity index (χ4n) is 1.51. The van der Waals surface area contributed by atoms with Crippen molar-refractivity contribution in [2.45, 2.75) is 32.8 Å². The number of carboxylic acids is 1. The summed E-state index contributed by atoms with van der Waals surface area (Å²) in [6.45, 7) is 6.37. The number of rotatable bonds is 8. The maximum Gasteiger partial charge on any atom is 0.317 e. The normalized spacial score (nSPS) is 16.3. The molecule has 1 N–H and O–H groups in total. The second-order valence-electron chi connectivity index (χ2n) is 4.49. The van der Waals surface area contributed by atoms with Gasteiger partial charge in [-0.2, -0.15) is 0 Å². The minimum atomic E-state index is -0.750. The number of aliphatic carboxylic acids is 1. The van der Waals surface area contributed by atoms with Crippen molar-refractivity contribution in [1.82, 2.24) is 4.90 Å². The Morgan fingerprint density at radius 2 is 2.20 bits per heavy atom. The molecule has 1 saturated carbocycles. The molecular formula is C11H21NO3. The maximum absolute atomic E-state index is 10.6. The van der Waals surface area contributed by atoms with Crippen LogP contribution in [0.4, 0.5) is 0 Å². The van der Waals surface area contributed by atoms with Gasteiger partial charge in [-0.3, -0.25) is 9.69 Å². The number of carbonyl (C=O) groups is 1. The van der Waals surface area contributed by atoms with Crippen LogP contribution in [-0.2, 0) is 9.53 Å². The average molecular weight is 215 g/mol. The summed E-state index contributed by atoms with van der Waals surface area (Å²) in [6, 6.07) is 0. The monoisotopic (exact) mass is 215 g/mol. The van der Waals surface area contributed by atoms with Gasteiger partial charge in [0.15, 0.2) is 0 Å².